The number of cyclic esters (lactones) is 1. The smallest absolute Gasteiger partial charge is 0.311 e. The first-order valence-corrected chi connectivity index (χ1v) is 17.1. The first-order chi connectivity index (χ1) is 21.3. The fourth-order valence-corrected chi connectivity index (χ4v) is 7.56. The van der Waals surface area contributed by atoms with E-state index in [9.17, 15) is 25.2 Å². The van der Waals surface area contributed by atoms with E-state index in [0.717, 1.165) is 13.0 Å². The second-order valence-corrected chi connectivity index (χ2v) is 15.0. The summed E-state index contributed by atoms with van der Waals surface area (Å²) < 4.78 is 24.3. The summed E-state index contributed by atoms with van der Waals surface area (Å²) in [6.07, 6.45) is -4.04. The molecule has 1 unspecified atom stereocenters. The number of nitrogens with one attached hydrogen (secondary N) is 1. The Morgan fingerprint density at radius 2 is 1.65 bits per heavy atom. The van der Waals surface area contributed by atoms with Crippen molar-refractivity contribution in [3.05, 3.63) is 0 Å². The van der Waals surface area contributed by atoms with Crippen LogP contribution in [0.2, 0.25) is 0 Å². The van der Waals surface area contributed by atoms with Crippen molar-refractivity contribution in [1.29, 1.82) is 0 Å². The van der Waals surface area contributed by atoms with Gasteiger partial charge >= 0.3 is 5.97 Å². The molecule has 3 aliphatic rings. The van der Waals surface area contributed by atoms with Crippen LogP contribution in [-0.2, 0) is 28.6 Å². The summed E-state index contributed by atoms with van der Waals surface area (Å²) >= 11 is 0. The summed E-state index contributed by atoms with van der Waals surface area (Å²) in [6, 6.07) is 0. The summed E-state index contributed by atoms with van der Waals surface area (Å²) in [5.74, 6) is -3.22. The van der Waals surface area contributed by atoms with Crippen molar-refractivity contribution < 1.29 is 49.0 Å². The maximum absolute atomic E-state index is 13.8. The molecule has 0 amide bonds. The molecule has 0 spiro atoms. The molecular formula is C34H62N2O10. The molecule has 268 valence electrons. The average molecular weight is 659 g/mol. The van der Waals surface area contributed by atoms with E-state index in [1.807, 2.05) is 20.8 Å². The van der Waals surface area contributed by atoms with Crippen molar-refractivity contribution in [3.8, 4) is 0 Å². The van der Waals surface area contributed by atoms with Crippen molar-refractivity contribution in [3.63, 3.8) is 0 Å². The summed E-state index contributed by atoms with van der Waals surface area (Å²) in [7, 11) is 1.53. The van der Waals surface area contributed by atoms with Crippen molar-refractivity contribution in [2.75, 3.05) is 20.2 Å². The molecule has 3 heterocycles. The van der Waals surface area contributed by atoms with Crippen molar-refractivity contribution in [1.82, 2.24) is 5.32 Å². The van der Waals surface area contributed by atoms with E-state index in [1.165, 1.54) is 14.0 Å². The van der Waals surface area contributed by atoms with E-state index in [2.05, 4.69) is 10.5 Å². The van der Waals surface area contributed by atoms with Crippen LogP contribution in [0, 0.1) is 29.6 Å². The van der Waals surface area contributed by atoms with Gasteiger partial charge in [0.25, 0.3) is 0 Å². The lowest BCUT2D eigenvalue weighted by atomic mass is 9.70. The molecule has 3 aliphatic heterocycles. The number of aliphatic hydroxyl groups is 4. The Labute approximate surface area is 275 Å². The number of nitrogens with zero attached hydrogens (tertiary/aromatic N) is 1. The second-order valence-electron chi connectivity index (χ2n) is 15.0. The number of aliphatic hydroxyl groups excluding tert-OH is 2. The van der Waals surface area contributed by atoms with Crippen LogP contribution in [0.5, 0.6) is 0 Å². The Hall–Kier alpha value is -1.38. The van der Waals surface area contributed by atoms with Crippen LogP contribution in [0.4, 0.5) is 0 Å². The van der Waals surface area contributed by atoms with Gasteiger partial charge in [-0.25, -0.2) is 0 Å². The maximum Gasteiger partial charge on any atom is 0.311 e. The Kier molecular flexibility index (Phi) is 13.1. The Morgan fingerprint density at radius 1 is 1.00 bits per heavy atom. The Bertz CT molecular complexity index is 1030. The van der Waals surface area contributed by atoms with E-state index in [-0.39, 0.29) is 43.1 Å². The van der Waals surface area contributed by atoms with Gasteiger partial charge in [-0.1, -0.05) is 39.8 Å². The SMILES string of the molecule is CC[C@H]1OC(=O)[C@H](C)[C@@H](O[C@H]2C[C@@](C)(OC)[C@@H](O)[C@H](C)O2)[C@H](C)[C@@H](C)[C@](C)(O)C[C@@H](C)/C(=N\OC2CCNC2)[C@H](C)[C@H](O)[C@]1(C)O. The first kappa shape index (κ1) is 39.1. The summed E-state index contributed by atoms with van der Waals surface area (Å²) in [6.45, 7) is 19.3. The number of methoxy groups -OCH3 is 1. The zero-order valence-corrected chi connectivity index (χ0v) is 29.9. The lowest BCUT2D eigenvalue weighted by Crippen LogP contribution is -2.58. The van der Waals surface area contributed by atoms with Gasteiger partial charge in [0.05, 0.1) is 41.1 Å². The van der Waals surface area contributed by atoms with Gasteiger partial charge in [-0.3, -0.25) is 4.79 Å². The first-order valence-electron chi connectivity index (χ1n) is 17.1. The summed E-state index contributed by atoms with van der Waals surface area (Å²) in [5, 5.41) is 54.0. The van der Waals surface area contributed by atoms with Gasteiger partial charge in [0, 0.05) is 38.3 Å². The molecule has 12 heteroatoms. The van der Waals surface area contributed by atoms with Gasteiger partial charge in [-0.2, -0.15) is 0 Å². The van der Waals surface area contributed by atoms with E-state index in [1.54, 1.807) is 41.5 Å². The van der Waals surface area contributed by atoms with Crippen LogP contribution in [0.3, 0.4) is 0 Å². The van der Waals surface area contributed by atoms with Gasteiger partial charge in [-0.15, -0.1) is 0 Å². The zero-order valence-electron chi connectivity index (χ0n) is 29.9. The predicted molar refractivity (Wildman–Crippen MR) is 173 cm³/mol. The van der Waals surface area contributed by atoms with Crippen molar-refractivity contribution >= 4 is 11.7 Å². The molecule has 0 aromatic rings. The van der Waals surface area contributed by atoms with Gasteiger partial charge < -0.3 is 49.5 Å². The number of ether oxygens (including phenoxy) is 4. The molecule has 0 bridgehead atoms. The monoisotopic (exact) mass is 658 g/mol. The molecule has 0 aliphatic carbocycles. The minimum Gasteiger partial charge on any atom is -0.459 e. The topological polar surface area (TPSA) is 169 Å². The highest BCUT2D eigenvalue weighted by Gasteiger charge is 2.51. The third-order valence-electron chi connectivity index (χ3n) is 11.3. The summed E-state index contributed by atoms with van der Waals surface area (Å²) in [4.78, 5) is 19.8. The van der Waals surface area contributed by atoms with Crippen LogP contribution in [0.25, 0.3) is 0 Å². The third-order valence-corrected chi connectivity index (χ3v) is 11.3. The van der Waals surface area contributed by atoms with Crippen LogP contribution >= 0.6 is 0 Å². The molecule has 12 nitrogen and oxygen atoms in total. The lowest BCUT2D eigenvalue weighted by Gasteiger charge is -2.47. The Morgan fingerprint density at radius 3 is 2.22 bits per heavy atom. The zero-order chi connectivity index (χ0) is 34.8. The molecule has 0 aromatic carbocycles. The highest BCUT2D eigenvalue weighted by Crippen LogP contribution is 2.40. The normalized spacial score (nSPS) is 49.4. The molecular weight excluding hydrogens is 596 g/mol. The van der Waals surface area contributed by atoms with Crippen molar-refractivity contribution in [2.24, 2.45) is 34.7 Å². The van der Waals surface area contributed by atoms with Crippen molar-refractivity contribution in [2.45, 2.75) is 155 Å². The van der Waals surface area contributed by atoms with Crippen LogP contribution in [-0.4, -0.2) is 112 Å². The molecule has 0 saturated carbocycles. The minimum absolute atomic E-state index is 0.119. The van der Waals surface area contributed by atoms with E-state index < -0.39 is 71.4 Å². The Balaban J connectivity index is 2.05. The number of carbonyl (C=O) groups is 1. The lowest BCUT2D eigenvalue weighted by molar-refractivity contribution is -0.298. The number of oxime groups is 1. The molecule has 46 heavy (non-hydrogen) atoms. The van der Waals surface area contributed by atoms with Crippen LogP contribution in [0.15, 0.2) is 5.16 Å². The number of hydrogen-bond acceptors (Lipinski definition) is 12. The molecule has 15 atom stereocenters. The molecule has 0 aromatic heterocycles. The second kappa shape index (κ2) is 15.4. The molecule has 3 saturated heterocycles. The number of esters is 1. The molecule has 0 radical (unpaired) electrons. The number of rotatable bonds is 6. The molecule has 3 fully saturated rings. The standard InChI is InChI=1S/C34H62N2O10/c1-12-25-34(10,41)29(37)20(4)27(36-46-24-13-14-35-17-24)18(2)15-32(8,40)22(6)19(3)28(21(5)31(39)44-25)45-26-16-33(9,42-11)30(38)23(7)43-26/h18-26,28-30,35,37-38,40-41H,12-17H2,1-11H3/b36-27+/t18-,19-,20+,21-,22-,23+,24?,25-,26+,28+,29+,30+,32-,33-,34-/m1/s1. The molecule has 5 N–H and O–H groups in total. The quantitative estimate of drug-likeness (QED) is 0.210. The fraction of sp³-hybridized carbons (Fsp3) is 0.941. The van der Waals surface area contributed by atoms with Crippen LogP contribution in [0.1, 0.15) is 94.9 Å². The van der Waals surface area contributed by atoms with Gasteiger partial charge in [0.2, 0.25) is 0 Å². The maximum atomic E-state index is 13.8. The van der Waals surface area contributed by atoms with Crippen LogP contribution < -0.4 is 5.32 Å². The van der Waals surface area contributed by atoms with Gasteiger partial charge in [0.1, 0.15) is 23.9 Å². The minimum atomic E-state index is -1.83. The number of carbonyl (C=O) groups excluding carboxylic acids is 1. The highest BCUT2D eigenvalue weighted by molar-refractivity contribution is 5.88. The average Bonchev–Trinajstić information content (AvgIpc) is 3.52. The highest BCUT2D eigenvalue weighted by atomic mass is 16.7. The number of hydrogen-bond donors (Lipinski definition) is 5. The van der Waals surface area contributed by atoms with E-state index in [4.69, 9.17) is 23.8 Å². The van der Waals surface area contributed by atoms with E-state index >= 15 is 0 Å². The third kappa shape index (κ3) is 8.42. The fourth-order valence-electron chi connectivity index (χ4n) is 7.56. The summed E-state index contributed by atoms with van der Waals surface area (Å²) in [5.41, 5.74) is -3.52. The molecule has 3 rings (SSSR count). The van der Waals surface area contributed by atoms with E-state index in [0.29, 0.717) is 12.3 Å². The van der Waals surface area contributed by atoms with Gasteiger partial charge in [-0.05, 0) is 65.8 Å². The largest absolute Gasteiger partial charge is 0.459 e. The predicted octanol–water partition coefficient (Wildman–Crippen LogP) is 2.78. The van der Waals surface area contributed by atoms with Gasteiger partial charge in [0.15, 0.2) is 6.29 Å².